The maximum atomic E-state index is 12.3. The lowest BCUT2D eigenvalue weighted by Crippen LogP contribution is -2.46. The van der Waals surface area contributed by atoms with E-state index in [0.29, 0.717) is 19.9 Å². The molecule has 1 amide bonds. The Hall–Kier alpha value is -1.61. The van der Waals surface area contributed by atoms with Crippen LogP contribution in [-0.2, 0) is 19.1 Å². The van der Waals surface area contributed by atoms with Gasteiger partial charge in [-0.1, -0.05) is 81.2 Å². The van der Waals surface area contributed by atoms with Gasteiger partial charge in [-0.25, -0.2) is 0 Å². The van der Waals surface area contributed by atoms with Crippen molar-refractivity contribution in [3.63, 3.8) is 0 Å². The van der Waals surface area contributed by atoms with E-state index in [1.165, 1.54) is 19.3 Å². The number of carbonyl (C=O) groups is 3. The van der Waals surface area contributed by atoms with Gasteiger partial charge in [-0.2, -0.15) is 0 Å². The molecule has 0 aromatic carbocycles. The lowest BCUT2D eigenvalue weighted by molar-refractivity contribution is -0.127. The monoisotopic (exact) mass is 518 g/mol. The molecule has 8 heteroatoms. The summed E-state index contributed by atoms with van der Waals surface area (Å²) in [5.41, 5.74) is 6.14. The molecule has 1 heterocycles. The normalized spacial score (nSPS) is 14.9. The van der Waals surface area contributed by atoms with E-state index in [1.54, 1.807) is 0 Å². The minimum absolute atomic E-state index is 0. The van der Waals surface area contributed by atoms with Crippen molar-refractivity contribution in [2.75, 3.05) is 39.5 Å². The van der Waals surface area contributed by atoms with Crippen LogP contribution in [0, 0.1) is 5.41 Å². The molecule has 218 valence electrons. The first kappa shape index (κ1) is 44.4. The standard InChI is InChI=1S/C18H36N4O2.C5H12.C2H6.2CH2O.CH4/c1-5-9-20-10-7-11-21-17(23)15-8-6-12-22(15)14-24-13-16(19)18(2,3)4;1-3-5-4-2;3*1-2;/h5,15-16,20H,1,6-14,19H2,2-4H3,(H,21,23);3-5H2,1-2H3;1-2H3;2*1H2;1H4/t15-,16?;;;;;/m0...../s1. The third-order valence-corrected chi connectivity index (χ3v) is 5.16. The summed E-state index contributed by atoms with van der Waals surface area (Å²) in [6, 6.07) is -0.0764. The van der Waals surface area contributed by atoms with Gasteiger partial charge >= 0.3 is 0 Å². The maximum absolute atomic E-state index is 12.3. The SMILES string of the molecule is C.C=CCNCCCNC(=O)[C@@H]1CCCN1COCC(N)C(C)(C)C.C=O.C=O.CC.CCCCC. The van der Waals surface area contributed by atoms with Crippen molar-refractivity contribution in [1.29, 1.82) is 0 Å². The average molecular weight is 519 g/mol. The van der Waals surface area contributed by atoms with Crippen LogP contribution >= 0.6 is 0 Å². The van der Waals surface area contributed by atoms with Crippen molar-refractivity contribution in [2.24, 2.45) is 11.1 Å². The van der Waals surface area contributed by atoms with Crippen LogP contribution in [0.4, 0.5) is 0 Å². The van der Waals surface area contributed by atoms with Crippen LogP contribution in [-0.4, -0.2) is 76.0 Å². The van der Waals surface area contributed by atoms with Crippen LogP contribution in [0.1, 0.15) is 94.4 Å². The highest BCUT2D eigenvalue weighted by Crippen LogP contribution is 2.19. The topological polar surface area (TPSA) is 114 Å². The summed E-state index contributed by atoms with van der Waals surface area (Å²) in [5.74, 6) is 0.111. The van der Waals surface area contributed by atoms with Gasteiger partial charge in [0.2, 0.25) is 5.91 Å². The van der Waals surface area contributed by atoms with Crippen LogP contribution < -0.4 is 16.4 Å². The fourth-order valence-electron chi connectivity index (χ4n) is 2.92. The van der Waals surface area contributed by atoms with Crippen LogP contribution in [0.25, 0.3) is 0 Å². The average Bonchev–Trinajstić information content (AvgIpc) is 3.34. The zero-order valence-electron chi connectivity index (χ0n) is 24.0. The number of nitrogens with two attached hydrogens (primary N) is 1. The predicted octanol–water partition coefficient (Wildman–Crippen LogP) is 4.57. The van der Waals surface area contributed by atoms with E-state index in [9.17, 15) is 4.79 Å². The third-order valence-electron chi connectivity index (χ3n) is 5.16. The van der Waals surface area contributed by atoms with Crippen molar-refractivity contribution in [1.82, 2.24) is 15.5 Å². The summed E-state index contributed by atoms with van der Waals surface area (Å²) < 4.78 is 5.76. The lowest BCUT2D eigenvalue weighted by Gasteiger charge is -2.29. The molecule has 1 unspecified atom stereocenters. The molecular formula is C28H62N4O4. The van der Waals surface area contributed by atoms with E-state index in [2.05, 4.69) is 56.7 Å². The molecule has 1 aliphatic heterocycles. The third kappa shape index (κ3) is 27.0. The van der Waals surface area contributed by atoms with E-state index in [-0.39, 0.29) is 30.8 Å². The van der Waals surface area contributed by atoms with Crippen molar-refractivity contribution >= 4 is 19.5 Å². The fourth-order valence-corrected chi connectivity index (χ4v) is 2.92. The van der Waals surface area contributed by atoms with E-state index in [0.717, 1.165) is 38.9 Å². The van der Waals surface area contributed by atoms with Gasteiger partial charge < -0.3 is 30.7 Å². The summed E-state index contributed by atoms with van der Waals surface area (Å²) in [4.78, 5) is 30.4. The molecule has 0 saturated carbocycles. The van der Waals surface area contributed by atoms with Crippen molar-refractivity contribution < 1.29 is 19.1 Å². The second-order valence-electron chi connectivity index (χ2n) is 8.93. The van der Waals surface area contributed by atoms with Crippen LogP contribution in [0.5, 0.6) is 0 Å². The molecule has 0 bridgehead atoms. The zero-order valence-corrected chi connectivity index (χ0v) is 24.0. The Morgan fingerprint density at radius 2 is 1.67 bits per heavy atom. The van der Waals surface area contributed by atoms with E-state index in [1.807, 2.05) is 33.5 Å². The Kier molecular flexibility index (Phi) is 41.2. The first-order valence-corrected chi connectivity index (χ1v) is 13.0. The van der Waals surface area contributed by atoms with E-state index >= 15 is 0 Å². The minimum Gasteiger partial charge on any atom is -0.364 e. The second kappa shape index (κ2) is 33.4. The minimum atomic E-state index is -0.0722. The highest BCUT2D eigenvalue weighted by Gasteiger charge is 2.30. The molecule has 36 heavy (non-hydrogen) atoms. The molecule has 0 aromatic rings. The second-order valence-corrected chi connectivity index (χ2v) is 8.93. The highest BCUT2D eigenvalue weighted by molar-refractivity contribution is 5.81. The number of hydrogen-bond acceptors (Lipinski definition) is 7. The van der Waals surface area contributed by atoms with Gasteiger partial charge in [-0.15, -0.1) is 6.58 Å². The Labute approximate surface area is 224 Å². The molecule has 0 radical (unpaired) electrons. The molecule has 2 atom stereocenters. The molecule has 4 N–H and O–H groups in total. The van der Waals surface area contributed by atoms with Crippen LogP contribution in [0.3, 0.4) is 0 Å². The summed E-state index contributed by atoms with van der Waals surface area (Å²) in [7, 11) is 0. The number of likely N-dealkylation sites (tertiary alicyclic amines) is 1. The number of amides is 1. The van der Waals surface area contributed by atoms with Gasteiger partial charge in [-0.3, -0.25) is 9.69 Å². The summed E-state index contributed by atoms with van der Waals surface area (Å²) >= 11 is 0. The number of nitrogens with zero attached hydrogens (tertiary/aromatic N) is 1. The van der Waals surface area contributed by atoms with Gasteiger partial charge in [0, 0.05) is 25.7 Å². The molecule has 1 fully saturated rings. The Balaban J connectivity index is -0.000000229. The molecule has 0 aliphatic carbocycles. The molecule has 0 spiro atoms. The quantitative estimate of drug-likeness (QED) is 0.242. The smallest absolute Gasteiger partial charge is 0.237 e. The highest BCUT2D eigenvalue weighted by atomic mass is 16.5. The number of hydrogen-bond donors (Lipinski definition) is 3. The van der Waals surface area contributed by atoms with Gasteiger partial charge in [0.1, 0.15) is 13.6 Å². The van der Waals surface area contributed by atoms with Crippen LogP contribution in [0.15, 0.2) is 12.7 Å². The van der Waals surface area contributed by atoms with Crippen molar-refractivity contribution in [3.8, 4) is 0 Å². The van der Waals surface area contributed by atoms with Crippen molar-refractivity contribution in [3.05, 3.63) is 12.7 Å². The van der Waals surface area contributed by atoms with Crippen LogP contribution in [0.2, 0.25) is 0 Å². The van der Waals surface area contributed by atoms with E-state index < -0.39 is 0 Å². The molecule has 0 aromatic heterocycles. The van der Waals surface area contributed by atoms with Gasteiger partial charge in [0.15, 0.2) is 0 Å². The number of unbranched alkanes of at least 4 members (excludes halogenated alkanes) is 2. The number of rotatable bonds is 13. The van der Waals surface area contributed by atoms with Gasteiger partial charge in [0.25, 0.3) is 0 Å². The first-order chi connectivity index (χ1) is 16.8. The van der Waals surface area contributed by atoms with Gasteiger partial charge in [0.05, 0.1) is 19.4 Å². The summed E-state index contributed by atoms with van der Waals surface area (Å²) in [5, 5.41) is 6.25. The fraction of sp³-hybridized carbons (Fsp3) is 0.821. The largest absolute Gasteiger partial charge is 0.364 e. The number of carbonyl (C=O) groups excluding carboxylic acids is 3. The summed E-state index contributed by atoms with van der Waals surface area (Å²) in [6.45, 7) is 26.7. The molecule has 8 nitrogen and oxygen atoms in total. The number of ether oxygens (including phenoxy) is 1. The first-order valence-electron chi connectivity index (χ1n) is 13.0. The Bertz CT molecular complexity index is 455. The Morgan fingerprint density at radius 1 is 1.11 bits per heavy atom. The molecule has 1 aliphatic rings. The number of nitrogens with one attached hydrogen (secondary N) is 2. The van der Waals surface area contributed by atoms with Gasteiger partial charge in [-0.05, 0) is 31.2 Å². The molecule has 1 rings (SSSR count). The van der Waals surface area contributed by atoms with E-state index in [4.69, 9.17) is 20.1 Å². The van der Waals surface area contributed by atoms with Crippen molar-refractivity contribution in [2.45, 2.75) is 107 Å². The lowest BCUT2D eigenvalue weighted by atomic mass is 9.88. The summed E-state index contributed by atoms with van der Waals surface area (Å²) in [6.07, 6.45) is 8.76. The zero-order chi connectivity index (χ0) is 28.1. The maximum Gasteiger partial charge on any atom is 0.237 e. The predicted molar refractivity (Wildman–Crippen MR) is 156 cm³/mol. The Morgan fingerprint density at radius 3 is 2.11 bits per heavy atom. The molecule has 1 saturated heterocycles. The molecular weight excluding hydrogens is 456 g/mol.